The number of para-hydroxylation sites is 2. The van der Waals surface area contributed by atoms with Crippen LogP contribution in [0.15, 0.2) is 24.3 Å². The number of benzene rings is 1. The van der Waals surface area contributed by atoms with E-state index in [1.807, 2.05) is 35.9 Å². The Bertz CT molecular complexity index is 704. The summed E-state index contributed by atoms with van der Waals surface area (Å²) < 4.78 is 1.88. The summed E-state index contributed by atoms with van der Waals surface area (Å²) in [6, 6.07) is 9.93. The molecule has 1 aromatic carbocycles. The van der Waals surface area contributed by atoms with Crippen molar-refractivity contribution in [3.8, 4) is 6.07 Å². The molecule has 0 spiro atoms. The van der Waals surface area contributed by atoms with Crippen LogP contribution in [0, 0.1) is 17.2 Å². The average Bonchev–Trinajstić information content (AvgIpc) is 2.86. The van der Waals surface area contributed by atoms with E-state index in [2.05, 4.69) is 11.1 Å². The number of carbonyl (C=O) groups excluding carboxylic acids is 1. The lowest BCUT2D eigenvalue weighted by Gasteiger charge is -2.22. The lowest BCUT2D eigenvalue weighted by molar-refractivity contribution is -0.124. The van der Waals surface area contributed by atoms with Crippen molar-refractivity contribution in [1.82, 2.24) is 9.55 Å². The summed E-state index contributed by atoms with van der Waals surface area (Å²) >= 11 is 0. The van der Waals surface area contributed by atoms with E-state index in [9.17, 15) is 10.1 Å². The fraction of sp³-hybridized carbons (Fsp3) is 0.471. The second-order valence-electron chi connectivity index (χ2n) is 5.82. The molecule has 0 bridgehead atoms. The predicted molar refractivity (Wildman–Crippen MR) is 80.7 cm³/mol. The SMILES string of the molecule is Cn1c([C@H](C#N)C(=O)C2CCCCC2)nc2ccccc21. The molecule has 0 aliphatic heterocycles. The first-order chi connectivity index (χ1) is 10.2. The molecule has 0 radical (unpaired) electrons. The Morgan fingerprint density at radius 2 is 2.05 bits per heavy atom. The second-order valence-corrected chi connectivity index (χ2v) is 5.82. The monoisotopic (exact) mass is 281 g/mol. The molecule has 1 atom stereocenters. The van der Waals surface area contributed by atoms with Gasteiger partial charge in [-0.05, 0) is 25.0 Å². The first-order valence-electron chi connectivity index (χ1n) is 7.57. The first kappa shape index (κ1) is 13.8. The van der Waals surface area contributed by atoms with Gasteiger partial charge in [-0.1, -0.05) is 31.4 Å². The molecule has 1 saturated carbocycles. The third-order valence-corrected chi connectivity index (χ3v) is 4.50. The van der Waals surface area contributed by atoms with Crippen molar-refractivity contribution in [2.45, 2.75) is 38.0 Å². The number of Topliss-reactive ketones (excluding diaryl/α,β-unsaturated/α-hetero) is 1. The third kappa shape index (κ3) is 2.44. The minimum absolute atomic E-state index is 0.0308. The molecule has 0 N–H and O–H groups in total. The van der Waals surface area contributed by atoms with Crippen LogP contribution in [0.1, 0.15) is 43.8 Å². The van der Waals surface area contributed by atoms with Gasteiger partial charge in [0, 0.05) is 13.0 Å². The summed E-state index contributed by atoms with van der Waals surface area (Å²) in [7, 11) is 1.88. The highest BCUT2D eigenvalue weighted by Gasteiger charge is 2.32. The molecule has 3 rings (SSSR count). The van der Waals surface area contributed by atoms with Gasteiger partial charge in [0.25, 0.3) is 0 Å². The number of hydrogen-bond donors (Lipinski definition) is 0. The first-order valence-corrected chi connectivity index (χ1v) is 7.57. The number of nitrogens with zero attached hydrogens (tertiary/aromatic N) is 3. The molecule has 1 heterocycles. The van der Waals surface area contributed by atoms with Gasteiger partial charge in [0.2, 0.25) is 0 Å². The number of carbonyl (C=O) groups is 1. The van der Waals surface area contributed by atoms with Gasteiger partial charge >= 0.3 is 0 Å². The van der Waals surface area contributed by atoms with E-state index in [0.29, 0.717) is 5.82 Å². The van der Waals surface area contributed by atoms with Crippen LogP contribution in [0.25, 0.3) is 11.0 Å². The molecule has 4 heteroatoms. The minimum atomic E-state index is -0.745. The zero-order valence-corrected chi connectivity index (χ0v) is 12.2. The number of imidazole rings is 1. The van der Waals surface area contributed by atoms with Gasteiger partial charge < -0.3 is 4.57 Å². The molecule has 1 aromatic heterocycles. The normalized spacial score (nSPS) is 17.5. The maximum absolute atomic E-state index is 12.7. The summed E-state index contributed by atoms with van der Waals surface area (Å²) in [5.74, 6) is -0.0846. The van der Waals surface area contributed by atoms with Gasteiger partial charge in [-0.15, -0.1) is 0 Å². The van der Waals surface area contributed by atoms with Crippen LogP contribution in [0.5, 0.6) is 0 Å². The standard InChI is InChI=1S/C17H19N3O/c1-20-15-10-6-5-9-14(15)19-17(20)13(11-18)16(21)12-7-3-2-4-8-12/h5-6,9-10,12-13H,2-4,7-8H2,1H3/t13-/m1/s1. The summed E-state index contributed by atoms with van der Waals surface area (Å²) in [4.78, 5) is 17.2. The average molecular weight is 281 g/mol. The third-order valence-electron chi connectivity index (χ3n) is 4.50. The van der Waals surface area contributed by atoms with Crippen molar-refractivity contribution < 1.29 is 4.79 Å². The van der Waals surface area contributed by atoms with Gasteiger partial charge in [-0.2, -0.15) is 5.26 Å². The molecule has 21 heavy (non-hydrogen) atoms. The van der Waals surface area contributed by atoms with E-state index in [-0.39, 0.29) is 11.7 Å². The zero-order chi connectivity index (χ0) is 14.8. The Balaban J connectivity index is 1.96. The fourth-order valence-corrected chi connectivity index (χ4v) is 3.29. The number of fused-ring (bicyclic) bond motifs is 1. The summed E-state index contributed by atoms with van der Waals surface area (Å²) in [6.45, 7) is 0. The van der Waals surface area contributed by atoms with Gasteiger partial charge in [0.05, 0.1) is 17.1 Å². The van der Waals surface area contributed by atoms with Gasteiger partial charge in [-0.25, -0.2) is 4.98 Å². The van der Waals surface area contributed by atoms with Crippen molar-refractivity contribution in [3.05, 3.63) is 30.1 Å². The molecule has 0 unspecified atom stereocenters. The van der Waals surface area contributed by atoms with E-state index in [0.717, 1.165) is 36.7 Å². The maximum Gasteiger partial charge on any atom is 0.163 e. The minimum Gasteiger partial charge on any atom is -0.330 e. The van der Waals surface area contributed by atoms with Gasteiger partial charge in [-0.3, -0.25) is 4.79 Å². The van der Waals surface area contributed by atoms with E-state index >= 15 is 0 Å². The topological polar surface area (TPSA) is 58.7 Å². The molecule has 0 saturated heterocycles. The molecule has 0 amide bonds. The van der Waals surface area contributed by atoms with Crippen molar-refractivity contribution in [3.63, 3.8) is 0 Å². The summed E-state index contributed by atoms with van der Waals surface area (Å²) in [6.07, 6.45) is 5.23. The van der Waals surface area contributed by atoms with E-state index < -0.39 is 5.92 Å². The van der Waals surface area contributed by atoms with Crippen molar-refractivity contribution >= 4 is 16.8 Å². The summed E-state index contributed by atoms with van der Waals surface area (Å²) in [5, 5.41) is 9.51. The van der Waals surface area contributed by atoms with E-state index in [4.69, 9.17) is 0 Å². The number of aromatic nitrogens is 2. The van der Waals surface area contributed by atoms with Gasteiger partial charge in [0.15, 0.2) is 11.7 Å². The lowest BCUT2D eigenvalue weighted by Crippen LogP contribution is -2.25. The number of ketones is 1. The second kappa shape index (κ2) is 5.69. The maximum atomic E-state index is 12.7. The number of aryl methyl sites for hydroxylation is 1. The van der Waals surface area contributed by atoms with Crippen molar-refractivity contribution in [2.24, 2.45) is 13.0 Å². The molecule has 4 nitrogen and oxygen atoms in total. The molecule has 1 aliphatic rings. The Labute approximate surface area is 124 Å². The van der Waals surface area contributed by atoms with Crippen LogP contribution in [-0.2, 0) is 11.8 Å². The highest BCUT2D eigenvalue weighted by atomic mass is 16.1. The van der Waals surface area contributed by atoms with Crippen LogP contribution < -0.4 is 0 Å². The zero-order valence-electron chi connectivity index (χ0n) is 12.2. The Morgan fingerprint density at radius 1 is 1.33 bits per heavy atom. The predicted octanol–water partition coefficient (Wildman–Crippen LogP) is 3.33. The van der Waals surface area contributed by atoms with Crippen LogP contribution in [0.3, 0.4) is 0 Å². The highest BCUT2D eigenvalue weighted by molar-refractivity contribution is 5.90. The molecular weight excluding hydrogens is 262 g/mol. The quantitative estimate of drug-likeness (QED) is 0.867. The van der Waals surface area contributed by atoms with Crippen LogP contribution >= 0.6 is 0 Å². The largest absolute Gasteiger partial charge is 0.330 e. The molecule has 2 aromatic rings. The van der Waals surface area contributed by atoms with E-state index in [1.54, 1.807) is 0 Å². The Kier molecular flexibility index (Phi) is 3.74. The smallest absolute Gasteiger partial charge is 0.163 e. The van der Waals surface area contributed by atoms with Crippen LogP contribution in [0.2, 0.25) is 0 Å². The van der Waals surface area contributed by atoms with Crippen molar-refractivity contribution in [2.75, 3.05) is 0 Å². The lowest BCUT2D eigenvalue weighted by atomic mass is 9.82. The van der Waals surface area contributed by atoms with Crippen LogP contribution in [0.4, 0.5) is 0 Å². The Hall–Kier alpha value is -2.15. The number of rotatable bonds is 3. The molecule has 1 fully saturated rings. The molecular formula is C17H19N3O. The molecule has 1 aliphatic carbocycles. The highest BCUT2D eigenvalue weighted by Crippen LogP contribution is 2.30. The summed E-state index contributed by atoms with van der Waals surface area (Å²) in [5.41, 5.74) is 1.80. The Morgan fingerprint density at radius 3 is 2.71 bits per heavy atom. The van der Waals surface area contributed by atoms with Crippen molar-refractivity contribution in [1.29, 1.82) is 5.26 Å². The number of hydrogen-bond acceptors (Lipinski definition) is 3. The van der Waals surface area contributed by atoms with E-state index in [1.165, 1.54) is 6.42 Å². The fourth-order valence-electron chi connectivity index (χ4n) is 3.29. The molecule has 108 valence electrons. The number of nitriles is 1. The van der Waals surface area contributed by atoms with Gasteiger partial charge in [0.1, 0.15) is 5.82 Å². The van der Waals surface area contributed by atoms with Crippen LogP contribution in [-0.4, -0.2) is 15.3 Å².